The molecule has 4 unspecified atom stereocenters. The van der Waals surface area contributed by atoms with Crippen molar-refractivity contribution >= 4 is 103 Å². The first kappa shape index (κ1) is 84.8. The van der Waals surface area contributed by atoms with Gasteiger partial charge >= 0.3 is 12.4 Å². The molecule has 4 aliphatic carbocycles. The van der Waals surface area contributed by atoms with Crippen molar-refractivity contribution in [1.82, 2.24) is 25.6 Å². The molecule has 105 heavy (non-hydrogen) atoms. The zero-order valence-corrected chi connectivity index (χ0v) is 63.0. The summed E-state index contributed by atoms with van der Waals surface area (Å²) in [5, 5.41) is 50.6. The molecule has 3 heterocycles. The van der Waals surface area contributed by atoms with Crippen molar-refractivity contribution < 1.29 is 91.5 Å². The highest BCUT2D eigenvalue weighted by molar-refractivity contribution is 14.1. The molecule has 4 saturated carbocycles. The maximum absolute atomic E-state index is 13.9. The number of aromatic nitrogens is 3. The average Bonchev–Trinajstić information content (AvgIpc) is 0.776. The largest absolute Gasteiger partial charge is 0.417 e. The standard InChI is InChI=1S/C25H21ClF5N3O2.C20H17ClF5IN2O2.C13H14F2IN3O.C13H16F2INO/c26-19-17(25(29,30)31)7-13-33-20(19)22(35)34-21(23(36)8-10-24(27,28)11-9-23)16-5-3-4-15(14-16)18-6-1-2-12-32-18;21-14-13(20(24,25)26)4-9-28-15(14)17(30)29-16(11-2-1-3-12(27)10-11)18(31)5-7-19(22,23)8-6-18;14-13(15)6-4-12(20,5-7-13)11(18-19-17)9-2-1-3-10(16)8-9;14-13(15)6-4-12(18,5-7-13)11(17)9-2-1-3-10(16)8-9/h1-7,12-14,21,36H,8-11H2,(H,34,35);1-4,9-10,16,31H,5-8H2,(H,29,30);1-3,8,11,20H,4-7H2;1-3,8,11,18H,4-7,17H2. The van der Waals surface area contributed by atoms with E-state index in [-0.39, 0.29) is 77.0 Å². The summed E-state index contributed by atoms with van der Waals surface area (Å²) in [6.07, 6.45) is -11.5. The number of amides is 2. The first-order valence-electron chi connectivity index (χ1n) is 32.4. The zero-order chi connectivity index (χ0) is 77.4. The van der Waals surface area contributed by atoms with Crippen molar-refractivity contribution in [2.45, 2.75) is 185 Å². The molecule has 0 radical (unpaired) electrons. The molecule has 4 atom stereocenters. The molecule has 0 aliphatic heterocycles. The van der Waals surface area contributed by atoms with Crippen molar-refractivity contribution in [1.29, 1.82) is 0 Å². The Morgan fingerprint density at radius 2 is 0.819 bits per heavy atom. The summed E-state index contributed by atoms with van der Waals surface area (Å²) in [4.78, 5) is 40.3. The highest BCUT2D eigenvalue weighted by Crippen LogP contribution is 2.50. The molecule has 2 amide bonds. The Hall–Kier alpha value is -5.83. The average molecular weight is 1860 g/mol. The van der Waals surface area contributed by atoms with Gasteiger partial charge in [0, 0.05) is 91.1 Å². The molecule has 0 spiro atoms. The van der Waals surface area contributed by atoms with Crippen LogP contribution in [0, 0.1) is 10.7 Å². The Kier molecular flexibility index (Phi) is 27.8. The lowest BCUT2D eigenvalue weighted by molar-refractivity contribution is -0.138. The van der Waals surface area contributed by atoms with E-state index in [0.717, 1.165) is 28.7 Å². The number of nitrogens with zero attached hydrogens (tertiary/aromatic N) is 6. The molecular formula is C71H68Cl2F14I3N9O6. The maximum Gasteiger partial charge on any atom is 0.417 e. The fraction of sp³-hybridized carbons (Fsp3) is 0.423. The fourth-order valence-corrected chi connectivity index (χ4v) is 15.1. The van der Waals surface area contributed by atoms with Crippen LogP contribution in [0.3, 0.4) is 0 Å². The van der Waals surface area contributed by atoms with Gasteiger partial charge in [-0.2, -0.15) is 26.3 Å². The number of nitrogens with one attached hydrogen (secondary N) is 2. The monoisotopic (exact) mass is 1860 g/mol. The molecule has 7 aromatic rings. The number of carbonyl (C=O) groups excluding carboxylic acids is 2. The van der Waals surface area contributed by atoms with E-state index in [9.17, 15) is 91.5 Å². The second-order valence-corrected chi connectivity index (χ2v) is 30.8. The molecule has 34 heteroatoms. The third-order valence-electron chi connectivity index (χ3n) is 18.8. The van der Waals surface area contributed by atoms with E-state index in [1.807, 2.05) is 52.9 Å². The smallest absolute Gasteiger partial charge is 0.389 e. The van der Waals surface area contributed by atoms with Gasteiger partial charge in [0.15, 0.2) is 0 Å². The van der Waals surface area contributed by atoms with Gasteiger partial charge in [-0.3, -0.25) is 14.6 Å². The minimum atomic E-state index is -4.82. The second kappa shape index (κ2) is 34.4. The van der Waals surface area contributed by atoms with Gasteiger partial charge in [0.25, 0.3) is 11.8 Å². The Balaban J connectivity index is 0.000000184. The third kappa shape index (κ3) is 22.4. The lowest BCUT2D eigenvalue weighted by Gasteiger charge is -2.42. The minimum Gasteiger partial charge on any atom is -0.389 e. The first-order chi connectivity index (χ1) is 48.9. The lowest BCUT2D eigenvalue weighted by Crippen LogP contribution is -2.50. The van der Waals surface area contributed by atoms with E-state index in [1.165, 1.54) is 0 Å². The number of benzene rings is 4. The minimum absolute atomic E-state index is 0.0483. The summed E-state index contributed by atoms with van der Waals surface area (Å²) in [5.74, 6) is -13.4. The van der Waals surface area contributed by atoms with Crippen LogP contribution in [0.2, 0.25) is 10.0 Å². The SMILES string of the molecule is NC(c1cccc(I)c1)C1(O)CCC(F)(F)CC1.O=C(NC(c1cccc(-c2ccccn2)c1)C1(O)CCC(F)(F)CC1)c1nccc(C(F)(F)F)c1Cl.O=C(NC(c1cccc(I)c1)C1(O)CCC(F)(F)CC1)c1nccc(C(F)(F)F)c1Cl.[N-]=[N+]=NC(c1cccc(I)c1)C1(O)CCC(F)(F)CC1. The van der Waals surface area contributed by atoms with Crippen LogP contribution in [-0.2, 0) is 12.4 Å². The van der Waals surface area contributed by atoms with Crippen LogP contribution in [0.1, 0.15) is 181 Å². The van der Waals surface area contributed by atoms with Crippen LogP contribution in [-0.4, -0.2) is 93.3 Å². The predicted molar refractivity (Wildman–Crippen MR) is 388 cm³/mol. The second-order valence-electron chi connectivity index (χ2n) is 26.3. The number of alkyl halides is 14. The zero-order valence-electron chi connectivity index (χ0n) is 55.0. The molecule has 4 aromatic carbocycles. The number of hydrogen-bond donors (Lipinski definition) is 7. The van der Waals surface area contributed by atoms with Gasteiger partial charge in [-0.15, -0.1) is 0 Å². The van der Waals surface area contributed by atoms with Gasteiger partial charge in [0.1, 0.15) is 11.4 Å². The van der Waals surface area contributed by atoms with Crippen LogP contribution in [0.15, 0.2) is 151 Å². The van der Waals surface area contributed by atoms with Gasteiger partial charge in [-0.1, -0.05) is 89.0 Å². The summed E-state index contributed by atoms with van der Waals surface area (Å²) in [7, 11) is 0. The molecule has 4 aliphatic rings. The molecule has 15 nitrogen and oxygen atoms in total. The van der Waals surface area contributed by atoms with Crippen LogP contribution >= 0.6 is 91.0 Å². The van der Waals surface area contributed by atoms with Crippen LogP contribution in [0.5, 0.6) is 0 Å². The molecular weight excluding hydrogens is 1790 g/mol. The van der Waals surface area contributed by atoms with Gasteiger partial charge in [0.2, 0.25) is 23.7 Å². The maximum atomic E-state index is 13.9. The van der Waals surface area contributed by atoms with E-state index in [4.69, 9.17) is 34.5 Å². The van der Waals surface area contributed by atoms with Gasteiger partial charge in [-0.25, -0.2) is 45.1 Å². The summed E-state index contributed by atoms with van der Waals surface area (Å²) < 4.78 is 190. The van der Waals surface area contributed by atoms with Crippen molar-refractivity contribution in [3.63, 3.8) is 0 Å². The van der Waals surface area contributed by atoms with Crippen LogP contribution < -0.4 is 16.4 Å². The van der Waals surface area contributed by atoms with E-state index in [0.29, 0.717) is 40.1 Å². The Labute approximate surface area is 644 Å². The number of azide groups is 1. The molecule has 0 bridgehead atoms. The van der Waals surface area contributed by atoms with Crippen LogP contribution in [0.25, 0.3) is 21.7 Å². The number of rotatable bonds is 14. The van der Waals surface area contributed by atoms with E-state index in [2.05, 4.69) is 80.8 Å². The van der Waals surface area contributed by atoms with Crippen LogP contribution in [0.4, 0.5) is 61.5 Å². The highest BCUT2D eigenvalue weighted by Gasteiger charge is 2.52. The fourth-order valence-electron chi connectivity index (χ4n) is 12.8. The summed E-state index contributed by atoms with van der Waals surface area (Å²) in [5.41, 5.74) is 8.27. The summed E-state index contributed by atoms with van der Waals surface area (Å²) >= 11 is 17.9. The Morgan fingerprint density at radius 3 is 1.20 bits per heavy atom. The van der Waals surface area contributed by atoms with E-state index >= 15 is 0 Å². The topological polar surface area (TPSA) is 253 Å². The summed E-state index contributed by atoms with van der Waals surface area (Å²) in [6.45, 7) is 0. The number of nitrogens with two attached hydrogens (primary N) is 1. The summed E-state index contributed by atoms with van der Waals surface area (Å²) in [6, 6.07) is 30.7. The molecule has 11 rings (SSSR count). The van der Waals surface area contributed by atoms with E-state index < -0.39 is 153 Å². The highest BCUT2D eigenvalue weighted by atomic mass is 127. The van der Waals surface area contributed by atoms with Crippen molar-refractivity contribution in [3.05, 3.63) is 222 Å². The number of aliphatic hydroxyl groups is 4. The molecule has 566 valence electrons. The quantitative estimate of drug-likeness (QED) is 0.0178. The Morgan fingerprint density at radius 1 is 0.467 bits per heavy atom. The van der Waals surface area contributed by atoms with Gasteiger partial charge in [0.05, 0.1) is 73.4 Å². The van der Waals surface area contributed by atoms with Crippen molar-refractivity contribution in [3.8, 4) is 11.3 Å². The molecule has 8 N–H and O–H groups in total. The Bertz CT molecular complexity index is 4210. The van der Waals surface area contributed by atoms with E-state index in [1.54, 1.807) is 91.1 Å². The molecule has 4 fully saturated rings. The molecule has 0 saturated heterocycles. The number of carbonyl (C=O) groups is 2. The number of hydrogen-bond acceptors (Lipinski definition) is 11. The van der Waals surface area contributed by atoms with Gasteiger partial charge < -0.3 is 36.8 Å². The number of halogens is 19. The number of pyridine rings is 3. The van der Waals surface area contributed by atoms with Crippen molar-refractivity contribution in [2.75, 3.05) is 0 Å². The van der Waals surface area contributed by atoms with Crippen molar-refractivity contribution in [2.24, 2.45) is 10.8 Å². The molecule has 3 aromatic heterocycles. The predicted octanol–water partition coefficient (Wildman–Crippen LogP) is 19.8. The third-order valence-corrected chi connectivity index (χ3v) is 21.6. The first-order valence-corrected chi connectivity index (χ1v) is 36.4. The normalized spacial score (nSPS) is 19.9. The van der Waals surface area contributed by atoms with Gasteiger partial charge in [-0.05, 0) is 214 Å². The lowest BCUT2D eigenvalue weighted by atomic mass is 9.75.